The van der Waals surface area contributed by atoms with Crippen molar-refractivity contribution in [3.8, 4) is 5.75 Å². The minimum Gasteiger partial charge on any atom is -0.493 e. The number of anilines is 1. The van der Waals surface area contributed by atoms with Gasteiger partial charge in [-0.05, 0) is 67.9 Å². The zero-order valence-electron chi connectivity index (χ0n) is 22.9. The number of aromatic nitrogens is 2. The maximum absolute atomic E-state index is 15.0. The third-order valence-corrected chi connectivity index (χ3v) is 7.65. The van der Waals surface area contributed by atoms with Crippen LogP contribution in [0.1, 0.15) is 66.3 Å². The molecular formula is C30H37FN4O5. The highest BCUT2D eigenvalue weighted by Gasteiger charge is 2.36. The number of halogens is 1. The maximum Gasteiger partial charge on any atom is 0.325 e. The highest BCUT2D eigenvalue weighted by Crippen LogP contribution is 2.36. The summed E-state index contributed by atoms with van der Waals surface area (Å²) in [6.07, 6.45) is 10.0. The van der Waals surface area contributed by atoms with E-state index in [4.69, 9.17) is 18.9 Å². The number of carbonyl (C=O) groups is 1. The first-order valence-corrected chi connectivity index (χ1v) is 14.1. The molecule has 4 heterocycles. The van der Waals surface area contributed by atoms with Crippen LogP contribution in [0.15, 0.2) is 41.3 Å². The number of aliphatic carboxylic acids is 1. The second-order valence-corrected chi connectivity index (χ2v) is 10.5. The predicted molar refractivity (Wildman–Crippen MR) is 147 cm³/mol. The molecule has 0 bridgehead atoms. The van der Waals surface area contributed by atoms with Gasteiger partial charge in [0.15, 0.2) is 18.0 Å². The summed E-state index contributed by atoms with van der Waals surface area (Å²) in [7, 11) is 1.35. The van der Waals surface area contributed by atoms with Gasteiger partial charge in [0.1, 0.15) is 17.6 Å². The Balaban J connectivity index is 1.12. The van der Waals surface area contributed by atoms with Crippen molar-refractivity contribution >= 4 is 11.8 Å². The van der Waals surface area contributed by atoms with Crippen LogP contribution in [-0.4, -0.2) is 65.4 Å². The molecule has 0 unspecified atom stereocenters. The highest BCUT2D eigenvalue weighted by atomic mass is 19.1. The summed E-state index contributed by atoms with van der Waals surface area (Å²) in [6.45, 7) is 2.62. The molecule has 1 saturated heterocycles. The number of benzene rings is 1. The number of methoxy groups -OCH3 is 1. The maximum atomic E-state index is 15.0. The molecule has 0 saturated carbocycles. The van der Waals surface area contributed by atoms with E-state index < -0.39 is 17.8 Å². The molecule has 214 valence electrons. The Morgan fingerprint density at radius 2 is 2.20 bits per heavy atom. The Bertz CT molecular complexity index is 1290. The quantitative estimate of drug-likeness (QED) is 0.289. The van der Waals surface area contributed by atoms with E-state index in [0.717, 1.165) is 63.0 Å². The number of fused-ring (bicyclic) bond motifs is 1. The second kappa shape index (κ2) is 13.2. The fraction of sp³-hybridized carbons (Fsp3) is 0.500. The highest BCUT2D eigenvalue weighted by molar-refractivity contribution is 5.77. The third-order valence-electron chi connectivity index (χ3n) is 7.65. The predicted octanol–water partition coefficient (Wildman–Crippen LogP) is 4.80. The Labute approximate surface area is 233 Å². The van der Waals surface area contributed by atoms with Gasteiger partial charge in [0, 0.05) is 43.9 Å². The lowest BCUT2D eigenvalue weighted by Gasteiger charge is -2.26. The van der Waals surface area contributed by atoms with Gasteiger partial charge in [0.05, 0.1) is 19.4 Å². The van der Waals surface area contributed by atoms with Crippen molar-refractivity contribution in [2.45, 2.75) is 63.5 Å². The molecule has 0 spiro atoms. The zero-order valence-corrected chi connectivity index (χ0v) is 22.9. The molecule has 1 aromatic carbocycles. The van der Waals surface area contributed by atoms with Crippen LogP contribution in [0.2, 0.25) is 0 Å². The summed E-state index contributed by atoms with van der Waals surface area (Å²) in [4.78, 5) is 22.9. The number of carboxylic acids is 1. The third kappa shape index (κ3) is 6.79. The Morgan fingerprint density at radius 1 is 1.30 bits per heavy atom. The van der Waals surface area contributed by atoms with Crippen molar-refractivity contribution in [2.75, 3.05) is 38.7 Å². The number of rotatable bonds is 13. The van der Waals surface area contributed by atoms with Crippen LogP contribution in [0.25, 0.3) is 0 Å². The molecule has 2 atom stereocenters. The number of ether oxygens (including phenoxy) is 2. The van der Waals surface area contributed by atoms with Gasteiger partial charge < -0.3 is 24.3 Å². The molecule has 0 amide bonds. The molecule has 3 aromatic rings. The summed E-state index contributed by atoms with van der Waals surface area (Å²) in [6, 6.07) is 6.31. The first-order valence-electron chi connectivity index (χ1n) is 14.1. The summed E-state index contributed by atoms with van der Waals surface area (Å²) < 4.78 is 31.7. The van der Waals surface area contributed by atoms with E-state index in [1.54, 1.807) is 12.3 Å². The summed E-state index contributed by atoms with van der Waals surface area (Å²) >= 11 is 0. The van der Waals surface area contributed by atoms with Crippen LogP contribution in [0.3, 0.4) is 0 Å². The van der Waals surface area contributed by atoms with E-state index in [9.17, 15) is 14.3 Å². The summed E-state index contributed by atoms with van der Waals surface area (Å²) in [5.74, 6) is -0.106. The fourth-order valence-corrected chi connectivity index (χ4v) is 5.68. The Morgan fingerprint density at radius 3 is 3.00 bits per heavy atom. The van der Waals surface area contributed by atoms with Crippen molar-refractivity contribution in [2.24, 2.45) is 0 Å². The van der Waals surface area contributed by atoms with Crippen LogP contribution in [0.5, 0.6) is 5.75 Å². The number of nitrogens with one attached hydrogen (secondary N) is 1. The largest absolute Gasteiger partial charge is 0.493 e. The van der Waals surface area contributed by atoms with Crippen LogP contribution in [0.4, 0.5) is 10.2 Å². The number of aryl methyl sites for hydroxylation is 2. The normalized spacial score (nSPS) is 17.8. The van der Waals surface area contributed by atoms with Crippen LogP contribution in [0, 0.1) is 5.82 Å². The molecular weight excluding hydrogens is 515 g/mol. The van der Waals surface area contributed by atoms with Crippen molar-refractivity contribution < 1.29 is 28.2 Å². The minimum atomic E-state index is -1.05. The Kier molecular flexibility index (Phi) is 9.28. The Hall–Kier alpha value is -3.50. The molecule has 0 aliphatic carbocycles. The van der Waals surface area contributed by atoms with Crippen LogP contribution in [-0.2, 0) is 28.8 Å². The molecule has 1 fully saturated rings. The number of hydrogen-bond acceptors (Lipinski definition) is 8. The molecule has 0 radical (unpaired) electrons. The lowest BCUT2D eigenvalue weighted by molar-refractivity contribution is -0.143. The van der Waals surface area contributed by atoms with Crippen molar-refractivity contribution in [3.05, 3.63) is 70.8 Å². The molecule has 40 heavy (non-hydrogen) atoms. The summed E-state index contributed by atoms with van der Waals surface area (Å²) in [5, 5.41) is 13.6. The van der Waals surface area contributed by atoms with E-state index in [1.165, 1.54) is 25.1 Å². The first kappa shape index (κ1) is 28.0. The zero-order chi connectivity index (χ0) is 27.9. The second-order valence-electron chi connectivity index (χ2n) is 10.5. The van der Waals surface area contributed by atoms with Crippen LogP contribution < -0.4 is 10.1 Å². The lowest BCUT2D eigenvalue weighted by Crippen LogP contribution is -2.34. The smallest absolute Gasteiger partial charge is 0.325 e. The lowest BCUT2D eigenvalue weighted by atomic mass is 9.99. The number of carboxylic acid groups (broad SMARTS) is 1. The molecule has 5 rings (SSSR count). The van der Waals surface area contributed by atoms with Gasteiger partial charge in [-0.25, -0.2) is 14.4 Å². The topological polar surface area (TPSA) is 110 Å². The van der Waals surface area contributed by atoms with Gasteiger partial charge in [-0.2, -0.15) is 0 Å². The van der Waals surface area contributed by atoms with Gasteiger partial charge in [-0.1, -0.05) is 12.5 Å². The van der Waals surface area contributed by atoms with Gasteiger partial charge >= 0.3 is 5.97 Å². The average Bonchev–Trinajstić information content (AvgIpc) is 3.63. The van der Waals surface area contributed by atoms with E-state index in [2.05, 4.69) is 22.4 Å². The molecule has 2 aliphatic rings. The number of pyridine rings is 1. The van der Waals surface area contributed by atoms with Crippen LogP contribution >= 0.6 is 0 Å². The van der Waals surface area contributed by atoms with Crippen molar-refractivity contribution in [3.63, 3.8) is 0 Å². The number of oxazole rings is 1. The molecule has 10 heteroatoms. The van der Waals surface area contributed by atoms with E-state index >= 15 is 0 Å². The number of hydrogen-bond donors (Lipinski definition) is 2. The standard InChI is InChI=1S/C30H37FN4O5/c1-38-28-25(15-20(16-26(28)31)14-24-17-32-19-40-24)27(30(36)37)35-12-10-23(18-35)39-13-4-2-3-7-22-9-8-21-6-5-11-33-29(21)34-22/h8-9,15-17,19,23,27H,2-7,10-14,18H2,1H3,(H,33,34)(H,36,37)/t23-,27+/m1/s1. The van der Waals surface area contributed by atoms with E-state index in [1.807, 2.05) is 4.90 Å². The summed E-state index contributed by atoms with van der Waals surface area (Å²) in [5.41, 5.74) is 3.31. The SMILES string of the molecule is COc1c(F)cc(Cc2cnco2)cc1[C@@H](C(=O)O)N1CC[C@@H](OCCCCCc2ccc3c(n2)NCCC3)C1. The van der Waals surface area contributed by atoms with Gasteiger partial charge in [0.2, 0.25) is 0 Å². The van der Waals surface area contributed by atoms with Gasteiger partial charge in [0.25, 0.3) is 0 Å². The van der Waals surface area contributed by atoms with Gasteiger partial charge in [-0.3, -0.25) is 9.69 Å². The van der Waals surface area contributed by atoms with Gasteiger partial charge in [-0.15, -0.1) is 0 Å². The van der Waals surface area contributed by atoms with Crippen molar-refractivity contribution in [1.82, 2.24) is 14.9 Å². The number of likely N-dealkylation sites (tertiary alicyclic amines) is 1. The number of unbranched alkanes of at least 4 members (excludes halogenated alkanes) is 2. The first-order chi connectivity index (χ1) is 19.5. The van der Waals surface area contributed by atoms with Crippen molar-refractivity contribution in [1.29, 1.82) is 0 Å². The molecule has 9 nitrogen and oxygen atoms in total. The minimum absolute atomic E-state index is 0.0534. The monoisotopic (exact) mass is 552 g/mol. The molecule has 2 aliphatic heterocycles. The number of nitrogens with zero attached hydrogens (tertiary/aromatic N) is 3. The average molecular weight is 553 g/mol. The molecule has 2 N–H and O–H groups in total. The molecule has 2 aromatic heterocycles. The fourth-order valence-electron chi connectivity index (χ4n) is 5.68. The van der Waals surface area contributed by atoms with E-state index in [-0.39, 0.29) is 17.4 Å². The van der Waals surface area contributed by atoms with E-state index in [0.29, 0.717) is 37.4 Å².